The van der Waals surface area contributed by atoms with Crippen molar-refractivity contribution in [2.75, 3.05) is 6.61 Å². The lowest BCUT2D eigenvalue weighted by molar-refractivity contribution is -0.145. The first-order valence-corrected chi connectivity index (χ1v) is 14.3. The molecule has 0 radical (unpaired) electrons. The molecule has 0 saturated carbocycles. The highest BCUT2D eigenvalue weighted by molar-refractivity contribution is 5.99. The summed E-state index contributed by atoms with van der Waals surface area (Å²) in [5, 5.41) is 56.2. The quantitative estimate of drug-likeness (QED) is 0.0475. The summed E-state index contributed by atoms with van der Waals surface area (Å²) in [4.78, 5) is 121. The Labute approximate surface area is 272 Å². The van der Waals surface area contributed by atoms with E-state index in [0.717, 1.165) is 0 Å². The number of primary amides is 1. The Morgan fingerprint density at radius 2 is 1.00 bits per heavy atom. The zero-order valence-corrected chi connectivity index (χ0v) is 26.0. The third kappa shape index (κ3) is 15.8. The fraction of sp³-hybridized carbons (Fsp3) is 0.615. The second kappa shape index (κ2) is 20.7. The van der Waals surface area contributed by atoms with Crippen molar-refractivity contribution in [2.24, 2.45) is 17.4 Å². The summed E-state index contributed by atoms with van der Waals surface area (Å²) in [6.07, 6.45) is -4.21. The highest BCUT2D eigenvalue weighted by Gasteiger charge is 2.35. The van der Waals surface area contributed by atoms with Crippen LogP contribution in [0.1, 0.15) is 52.4 Å². The molecule has 0 unspecified atom stereocenters. The maximum atomic E-state index is 13.1. The number of carbonyl (C=O) groups is 10. The number of carboxylic acids is 4. The Kier molecular flexibility index (Phi) is 18.4. The second-order valence-electron chi connectivity index (χ2n) is 10.5. The molecule has 0 aliphatic carbocycles. The van der Waals surface area contributed by atoms with Crippen LogP contribution in [-0.2, 0) is 47.9 Å². The van der Waals surface area contributed by atoms with E-state index in [0.29, 0.717) is 0 Å². The summed E-state index contributed by atoms with van der Waals surface area (Å²) in [5.41, 5.74) is 10.5. The average molecular weight is 692 g/mol. The summed E-state index contributed by atoms with van der Waals surface area (Å²) >= 11 is 0. The van der Waals surface area contributed by atoms with Crippen molar-refractivity contribution in [2.45, 2.75) is 88.6 Å². The lowest BCUT2D eigenvalue weighted by Gasteiger charge is -2.26. The number of amides is 6. The van der Waals surface area contributed by atoms with Crippen LogP contribution in [0.15, 0.2) is 0 Å². The highest BCUT2D eigenvalue weighted by atomic mass is 16.4. The molecular weight excluding hydrogens is 650 g/mol. The number of nitrogens with one attached hydrogen (secondary N) is 5. The molecular formula is C26H41N7O15. The highest BCUT2D eigenvalue weighted by Crippen LogP contribution is 2.09. The van der Waals surface area contributed by atoms with Crippen molar-refractivity contribution in [3.63, 3.8) is 0 Å². The smallest absolute Gasteiger partial charge is 0.326 e. The van der Waals surface area contributed by atoms with E-state index in [2.05, 4.69) is 10.6 Å². The SMILES string of the molecule is CC[C@H](C)[C@H](NC(=O)[C@H](CC(=O)O)NC(=O)[C@H](CC(=O)O)NC(=O)[C@H](CC(N)=O)NC(=O)[C@H](CCC(=O)O)NC(=O)[C@@H](N)CO)C(=O)O. The number of hydrogen-bond donors (Lipinski definition) is 12. The van der Waals surface area contributed by atoms with Crippen LogP contribution in [0, 0.1) is 5.92 Å². The number of carbonyl (C=O) groups excluding carboxylic acids is 6. The molecule has 0 bridgehead atoms. The van der Waals surface area contributed by atoms with Crippen molar-refractivity contribution in [3.05, 3.63) is 0 Å². The van der Waals surface area contributed by atoms with E-state index in [9.17, 15) is 63.3 Å². The van der Waals surface area contributed by atoms with Gasteiger partial charge in [0.25, 0.3) is 0 Å². The van der Waals surface area contributed by atoms with Gasteiger partial charge in [-0.2, -0.15) is 0 Å². The van der Waals surface area contributed by atoms with Crippen LogP contribution in [-0.4, -0.2) is 128 Å². The van der Waals surface area contributed by atoms with Gasteiger partial charge in [-0.3, -0.25) is 43.2 Å². The average Bonchev–Trinajstić information content (AvgIpc) is 2.98. The lowest BCUT2D eigenvalue weighted by atomic mass is 9.98. The van der Waals surface area contributed by atoms with E-state index in [4.69, 9.17) is 21.7 Å². The fourth-order valence-corrected chi connectivity index (χ4v) is 3.83. The van der Waals surface area contributed by atoms with Gasteiger partial charge in [-0.1, -0.05) is 20.3 Å². The Morgan fingerprint density at radius 1 is 0.604 bits per heavy atom. The minimum atomic E-state index is -2.08. The maximum absolute atomic E-state index is 13.1. The van der Waals surface area contributed by atoms with Crippen LogP contribution >= 0.6 is 0 Å². The summed E-state index contributed by atoms with van der Waals surface area (Å²) in [5.74, 6) is -14.4. The van der Waals surface area contributed by atoms with E-state index < -0.39 is 140 Å². The number of rotatable bonds is 23. The zero-order chi connectivity index (χ0) is 37.3. The third-order valence-corrected chi connectivity index (χ3v) is 6.65. The van der Waals surface area contributed by atoms with Crippen molar-refractivity contribution in [3.8, 4) is 0 Å². The molecule has 0 aromatic carbocycles. The first-order chi connectivity index (χ1) is 22.2. The van der Waals surface area contributed by atoms with Crippen LogP contribution in [0.3, 0.4) is 0 Å². The molecule has 0 aromatic heterocycles. The monoisotopic (exact) mass is 691 g/mol. The number of nitrogens with two attached hydrogens (primary N) is 2. The molecule has 6 amide bonds. The number of aliphatic hydroxyl groups is 1. The first kappa shape index (κ1) is 42.6. The van der Waals surface area contributed by atoms with Gasteiger partial charge < -0.3 is 63.6 Å². The Hall–Kier alpha value is -5.38. The van der Waals surface area contributed by atoms with E-state index >= 15 is 0 Å². The molecule has 270 valence electrons. The van der Waals surface area contributed by atoms with Gasteiger partial charge in [0.1, 0.15) is 36.3 Å². The Bertz CT molecular complexity index is 1240. The fourth-order valence-electron chi connectivity index (χ4n) is 3.83. The van der Waals surface area contributed by atoms with Crippen LogP contribution < -0.4 is 38.1 Å². The number of aliphatic hydroxyl groups excluding tert-OH is 1. The largest absolute Gasteiger partial charge is 0.481 e. The number of aliphatic carboxylic acids is 4. The van der Waals surface area contributed by atoms with Gasteiger partial charge in [0.05, 0.1) is 25.9 Å². The minimum absolute atomic E-state index is 0.284. The Balaban J connectivity index is 6.21. The van der Waals surface area contributed by atoms with E-state index in [1.165, 1.54) is 6.92 Å². The van der Waals surface area contributed by atoms with Gasteiger partial charge in [0, 0.05) is 6.42 Å². The summed E-state index contributed by atoms with van der Waals surface area (Å²) in [7, 11) is 0. The van der Waals surface area contributed by atoms with Crippen molar-refractivity contribution in [1.82, 2.24) is 26.6 Å². The molecule has 0 aliphatic heterocycles. The van der Waals surface area contributed by atoms with Gasteiger partial charge in [0.2, 0.25) is 35.4 Å². The van der Waals surface area contributed by atoms with Crippen LogP contribution in [0.25, 0.3) is 0 Å². The van der Waals surface area contributed by atoms with Gasteiger partial charge in [-0.15, -0.1) is 0 Å². The molecule has 0 heterocycles. The van der Waals surface area contributed by atoms with Gasteiger partial charge >= 0.3 is 23.9 Å². The normalized spacial score (nSPS) is 15.1. The van der Waals surface area contributed by atoms with Crippen LogP contribution in [0.4, 0.5) is 0 Å². The second-order valence-corrected chi connectivity index (χ2v) is 10.5. The summed E-state index contributed by atoms with van der Waals surface area (Å²) in [6.45, 7) is 2.25. The third-order valence-electron chi connectivity index (χ3n) is 6.65. The van der Waals surface area contributed by atoms with Crippen molar-refractivity contribution >= 4 is 59.3 Å². The molecule has 14 N–H and O–H groups in total. The van der Waals surface area contributed by atoms with Crippen LogP contribution in [0.2, 0.25) is 0 Å². The number of carboxylic acid groups (broad SMARTS) is 4. The lowest BCUT2D eigenvalue weighted by Crippen LogP contribution is -2.60. The first-order valence-electron chi connectivity index (χ1n) is 14.3. The predicted molar refractivity (Wildman–Crippen MR) is 157 cm³/mol. The van der Waals surface area contributed by atoms with E-state index in [1.54, 1.807) is 6.92 Å². The molecule has 0 aromatic rings. The zero-order valence-electron chi connectivity index (χ0n) is 26.0. The molecule has 48 heavy (non-hydrogen) atoms. The van der Waals surface area contributed by atoms with E-state index in [1.807, 2.05) is 16.0 Å². The molecule has 0 aliphatic rings. The minimum Gasteiger partial charge on any atom is -0.481 e. The van der Waals surface area contributed by atoms with Crippen LogP contribution in [0.5, 0.6) is 0 Å². The molecule has 0 saturated heterocycles. The predicted octanol–water partition coefficient (Wildman–Crippen LogP) is -5.45. The van der Waals surface area contributed by atoms with Crippen molar-refractivity contribution < 1.29 is 73.5 Å². The molecule has 0 fully saturated rings. The van der Waals surface area contributed by atoms with Gasteiger partial charge in [-0.05, 0) is 12.3 Å². The van der Waals surface area contributed by atoms with E-state index in [-0.39, 0.29) is 6.42 Å². The molecule has 0 rings (SSSR count). The Morgan fingerprint density at radius 3 is 1.35 bits per heavy atom. The molecule has 22 nitrogen and oxygen atoms in total. The molecule has 7 atom stereocenters. The maximum Gasteiger partial charge on any atom is 0.326 e. The molecule has 22 heteroatoms. The topological polar surface area (TPSA) is 384 Å². The summed E-state index contributed by atoms with van der Waals surface area (Å²) < 4.78 is 0. The van der Waals surface area contributed by atoms with Gasteiger partial charge in [-0.25, -0.2) is 4.79 Å². The standard InChI is InChI=1S/C26H41N7O15/c1-3-10(2)20(26(47)48)33-25(46)15(8-19(40)41)32-24(45)14(7-18(38)39)31-23(44)13(6-16(28)35)30-22(43)12(4-5-17(36)37)29-21(42)11(27)9-34/h10-15,20,34H,3-9,27H2,1-2H3,(H2,28,35)(H,29,42)(H,30,43)(H,31,44)(H,32,45)(H,33,46)(H,36,37)(H,38,39)(H,40,41)(H,47,48)/t10-,11-,12-,13-,14-,15-,20-/m0/s1. The molecule has 0 spiro atoms. The summed E-state index contributed by atoms with van der Waals surface area (Å²) in [6, 6.07) is -10.7. The number of hydrogen-bond acceptors (Lipinski definition) is 12. The van der Waals surface area contributed by atoms with Gasteiger partial charge in [0.15, 0.2) is 0 Å². The van der Waals surface area contributed by atoms with Crippen molar-refractivity contribution in [1.29, 1.82) is 0 Å².